The van der Waals surface area contributed by atoms with Crippen LogP contribution in [0.2, 0.25) is 5.02 Å². The van der Waals surface area contributed by atoms with E-state index in [0.717, 1.165) is 16.8 Å². The Balaban J connectivity index is 1.89. The molecule has 3 aromatic carbocycles. The van der Waals surface area contributed by atoms with Gasteiger partial charge in [0.05, 0.1) is 11.6 Å². The van der Waals surface area contributed by atoms with E-state index in [1.165, 1.54) is 4.90 Å². The van der Waals surface area contributed by atoms with Crippen LogP contribution in [-0.2, 0) is 15.0 Å². The number of carbonyl (C=O) groups excluding carboxylic acids is 2. The molecule has 0 saturated carbocycles. The van der Waals surface area contributed by atoms with Crippen LogP contribution in [0.1, 0.15) is 43.5 Å². The molecule has 1 aliphatic heterocycles. The summed E-state index contributed by atoms with van der Waals surface area (Å²) in [7, 11) is 3.89. The number of rotatable bonds is 4. The summed E-state index contributed by atoms with van der Waals surface area (Å²) < 4.78 is 0. The summed E-state index contributed by atoms with van der Waals surface area (Å²) in [6, 6.07) is 21.1. The van der Waals surface area contributed by atoms with Crippen LogP contribution in [0, 0.1) is 0 Å². The van der Waals surface area contributed by atoms with Gasteiger partial charge in [-0.25, -0.2) is 0 Å². The molecule has 0 aromatic heterocycles. The van der Waals surface area contributed by atoms with Crippen molar-refractivity contribution in [2.75, 3.05) is 23.9 Å². The SMILES string of the molecule is CN(C)c1ccc(C2/C(=C(\O)c3ccc(Cl)cc3)C(=O)C(=O)N2c2ccc(C(C)(C)C)cc2)cc1. The largest absolute Gasteiger partial charge is 0.507 e. The minimum absolute atomic E-state index is 0.0508. The minimum atomic E-state index is -0.776. The summed E-state index contributed by atoms with van der Waals surface area (Å²) in [5, 5.41) is 11.7. The molecule has 1 unspecified atom stereocenters. The molecular weight excluding hydrogens is 460 g/mol. The molecule has 1 heterocycles. The van der Waals surface area contributed by atoms with Crippen molar-refractivity contribution in [3.63, 3.8) is 0 Å². The van der Waals surface area contributed by atoms with Crippen LogP contribution in [0.4, 0.5) is 11.4 Å². The maximum Gasteiger partial charge on any atom is 0.300 e. The van der Waals surface area contributed by atoms with Gasteiger partial charge in [-0.15, -0.1) is 0 Å². The molecule has 0 spiro atoms. The lowest BCUT2D eigenvalue weighted by Gasteiger charge is -2.27. The van der Waals surface area contributed by atoms with Crippen molar-refractivity contribution >= 4 is 40.4 Å². The highest BCUT2D eigenvalue weighted by Gasteiger charge is 2.47. The van der Waals surface area contributed by atoms with Gasteiger partial charge in [0.1, 0.15) is 5.76 Å². The van der Waals surface area contributed by atoms with E-state index in [9.17, 15) is 14.7 Å². The number of halogens is 1. The van der Waals surface area contributed by atoms with Gasteiger partial charge in [-0.2, -0.15) is 0 Å². The van der Waals surface area contributed by atoms with Gasteiger partial charge in [0.25, 0.3) is 11.7 Å². The van der Waals surface area contributed by atoms with Crippen LogP contribution in [0.3, 0.4) is 0 Å². The van der Waals surface area contributed by atoms with E-state index in [4.69, 9.17) is 11.6 Å². The zero-order valence-electron chi connectivity index (χ0n) is 20.5. The lowest BCUT2D eigenvalue weighted by atomic mass is 9.87. The maximum absolute atomic E-state index is 13.3. The van der Waals surface area contributed by atoms with Gasteiger partial charge >= 0.3 is 0 Å². The van der Waals surface area contributed by atoms with E-state index in [2.05, 4.69) is 20.8 Å². The summed E-state index contributed by atoms with van der Waals surface area (Å²) >= 11 is 6.01. The van der Waals surface area contributed by atoms with Gasteiger partial charge in [-0.05, 0) is 65.1 Å². The first-order valence-corrected chi connectivity index (χ1v) is 11.8. The first-order chi connectivity index (χ1) is 16.5. The number of Topliss-reactive ketones (excluding diaryl/α,β-unsaturated/α-hetero) is 1. The number of aliphatic hydroxyl groups excluding tert-OH is 1. The first kappa shape index (κ1) is 24.6. The highest BCUT2D eigenvalue weighted by molar-refractivity contribution is 6.51. The summed E-state index contributed by atoms with van der Waals surface area (Å²) in [5.41, 5.74) is 3.84. The lowest BCUT2D eigenvalue weighted by Crippen LogP contribution is -2.29. The monoisotopic (exact) mass is 488 g/mol. The second kappa shape index (κ2) is 9.23. The zero-order chi connectivity index (χ0) is 25.5. The molecule has 6 heteroatoms. The van der Waals surface area contributed by atoms with Crippen molar-refractivity contribution in [1.29, 1.82) is 0 Å². The van der Waals surface area contributed by atoms with E-state index in [1.807, 2.05) is 67.5 Å². The van der Waals surface area contributed by atoms with Crippen LogP contribution in [0.5, 0.6) is 0 Å². The third kappa shape index (κ3) is 4.69. The van der Waals surface area contributed by atoms with Crippen LogP contribution in [0.25, 0.3) is 5.76 Å². The number of anilines is 2. The smallest absolute Gasteiger partial charge is 0.300 e. The second-order valence-corrected chi connectivity index (χ2v) is 10.4. The Bertz CT molecular complexity index is 1290. The molecule has 0 radical (unpaired) electrons. The standard InChI is InChI=1S/C29H29ClN2O3/c1-29(2,3)20-10-16-23(17-11-20)32-25(18-8-14-22(15-9-18)31(4)5)24(27(34)28(32)35)26(33)19-6-12-21(30)13-7-19/h6-17,25,33H,1-5H3/b26-24+. The minimum Gasteiger partial charge on any atom is -0.507 e. The van der Waals surface area contributed by atoms with Gasteiger partial charge in [-0.1, -0.05) is 56.6 Å². The summed E-state index contributed by atoms with van der Waals surface area (Å²) in [4.78, 5) is 30.1. The molecule has 0 bridgehead atoms. The fourth-order valence-electron chi connectivity index (χ4n) is 4.25. The Morgan fingerprint density at radius 1 is 0.886 bits per heavy atom. The summed E-state index contributed by atoms with van der Waals surface area (Å²) in [6.07, 6.45) is 0. The molecule has 4 rings (SSSR count). The van der Waals surface area contributed by atoms with Crippen molar-refractivity contribution in [2.45, 2.75) is 32.2 Å². The molecule has 1 aliphatic rings. The van der Waals surface area contributed by atoms with Crippen LogP contribution in [-0.4, -0.2) is 30.9 Å². The fraction of sp³-hybridized carbons (Fsp3) is 0.241. The van der Waals surface area contributed by atoms with Crippen molar-refractivity contribution in [2.24, 2.45) is 0 Å². The molecule has 3 aromatic rings. The number of amides is 1. The molecule has 1 fully saturated rings. The Labute approximate surface area is 211 Å². The quantitative estimate of drug-likeness (QED) is 0.265. The fourth-order valence-corrected chi connectivity index (χ4v) is 4.38. The molecule has 180 valence electrons. The van der Waals surface area contributed by atoms with E-state index in [-0.39, 0.29) is 16.7 Å². The first-order valence-electron chi connectivity index (χ1n) is 11.4. The summed E-state index contributed by atoms with van der Waals surface area (Å²) in [5.74, 6) is -1.62. The summed E-state index contributed by atoms with van der Waals surface area (Å²) in [6.45, 7) is 6.35. The van der Waals surface area contributed by atoms with Gasteiger partial charge in [0.2, 0.25) is 0 Å². The average molecular weight is 489 g/mol. The van der Waals surface area contributed by atoms with Gasteiger partial charge in [0, 0.05) is 36.1 Å². The van der Waals surface area contributed by atoms with Gasteiger partial charge in [-0.3, -0.25) is 14.5 Å². The molecule has 0 aliphatic carbocycles. The van der Waals surface area contributed by atoms with E-state index in [0.29, 0.717) is 16.3 Å². The molecule has 1 saturated heterocycles. The van der Waals surface area contributed by atoms with Crippen molar-refractivity contribution < 1.29 is 14.7 Å². The third-order valence-electron chi connectivity index (χ3n) is 6.30. The predicted octanol–water partition coefficient (Wildman–Crippen LogP) is 6.33. The number of nitrogens with zero attached hydrogens (tertiary/aromatic N) is 2. The molecule has 1 atom stereocenters. The zero-order valence-corrected chi connectivity index (χ0v) is 21.3. The Morgan fingerprint density at radius 3 is 1.97 bits per heavy atom. The number of hydrogen-bond donors (Lipinski definition) is 1. The van der Waals surface area contributed by atoms with Crippen molar-refractivity contribution in [3.8, 4) is 0 Å². The predicted molar refractivity (Wildman–Crippen MR) is 142 cm³/mol. The molecule has 1 amide bonds. The van der Waals surface area contributed by atoms with Gasteiger partial charge < -0.3 is 10.0 Å². The van der Waals surface area contributed by atoms with Crippen LogP contribution < -0.4 is 9.80 Å². The molecular formula is C29H29ClN2O3. The molecule has 5 nitrogen and oxygen atoms in total. The normalized spacial score (nSPS) is 17.7. The Hall–Kier alpha value is -3.57. The number of aliphatic hydroxyl groups is 1. The van der Waals surface area contributed by atoms with E-state index >= 15 is 0 Å². The number of benzene rings is 3. The lowest BCUT2D eigenvalue weighted by molar-refractivity contribution is -0.132. The van der Waals surface area contributed by atoms with Crippen LogP contribution >= 0.6 is 11.6 Å². The Morgan fingerprint density at radius 2 is 1.46 bits per heavy atom. The number of carbonyl (C=O) groups is 2. The van der Waals surface area contributed by atoms with Gasteiger partial charge in [0.15, 0.2) is 0 Å². The highest BCUT2D eigenvalue weighted by atomic mass is 35.5. The maximum atomic E-state index is 13.3. The van der Waals surface area contributed by atoms with Crippen molar-refractivity contribution in [1.82, 2.24) is 0 Å². The van der Waals surface area contributed by atoms with E-state index in [1.54, 1.807) is 24.3 Å². The van der Waals surface area contributed by atoms with Crippen LogP contribution in [0.15, 0.2) is 78.4 Å². The van der Waals surface area contributed by atoms with E-state index < -0.39 is 17.7 Å². The average Bonchev–Trinajstić information content (AvgIpc) is 3.09. The third-order valence-corrected chi connectivity index (χ3v) is 6.55. The number of ketones is 1. The highest BCUT2D eigenvalue weighted by Crippen LogP contribution is 2.43. The molecule has 1 N–H and O–H groups in total. The molecule has 35 heavy (non-hydrogen) atoms. The topological polar surface area (TPSA) is 60.9 Å². The Kier molecular flexibility index (Phi) is 6.48. The number of hydrogen-bond acceptors (Lipinski definition) is 4. The second-order valence-electron chi connectivity index (χ2n) is 9.96. The van der Waals surface area contributed by atoms with Crippen molar-refractivity contribution in [3.05, 3.63) is 100 Å².